The zero-order valence-corrected chi connectivity index (χ0v) is 19.3. The number of aromatic amines is 1. The summed E-state index contributed by atoms with van der Waals surface area (Å²) in [6, 6.07) is 11.1. The Balaban J connectivity index is 1.51. The summed E-state index contributed by atoms with van der Waals surface area (Å²) in [6.07, 6.45) is 8.95. The van der Waals surface area contributed by atoms with Crippen molar-refractivity contribution in [3.63, 3.8) is 0 Å². The SMILES string of the molecule is CCC[C@H](C(=O)NC(C)(CO)c1ccc(C#N)cc1)C1(CCc2ncnc3[nH]ccc23)CC1. The largest absolute Gasteiger partial charge is 0.394 e. The molecular formula is C26H31N5O2. The van der Waals surface area contributed by atoms with Gasteiger partial charge in [0.1, 0.15) is 12.0 Å². The molecule has 0 spiro atoms. The first-order valence-corrected chi connectivity index (χ1v) is 11.7. The summed E-state index contributed by atoms with van der Waals surface area (Å²) in [5.74, 6) is -0.125. The molecule has 1 aromatic carbocycles. The molecule has 4 rings (SSSR count). The average molecular weight is 446 g/mol. The van der Waals surface area contributed by atoms with Crippen LogP contribution < -0.4 is 5.32 Å². The van der Waals surface area contributed by atoms with Gasteiger partial charge in [-0.15, -0.1) is 0 Å². The van der Waals surface area contributed by atoms with Crippen LogP contribution in [-0.2, 0) is 16.8 Å². The lowest BCUT2D eigenvalue weighted by molar-refractivity contribution is -0.130. The number of hydrogen-bond acceptors (Lipinski definition) is 5. The molecule has 2 aromatic heterocycles. The van der Waals surface area contributed by atoms with Crippen molar-refractivity contribution in [2.24, 2.45) is 11.3 Å². The molecule has 172 valence electrons. The second-order valence-electron chi connectivity index (χ2n) is 9.43. The van der Waals surface area contributed by atoms with E-state index in [0.717, 1.165) is 60.8 Å². The van der Waals surface area contributed by atoms with Gasteiger partial charge in [0.05, 0.1) is 29.5 Å². The third kappa shape index (κ3) is 4.62. The van der Waals surface area contributed by atoms with Gasteiger partial charge in [0.25, 0.3) is 0 Å². The van der Waals surface area contributed by atoms with Gasteiger partial charge < -0.3 is 15.4 Å². The second kappa shape index (κ2) is 9.32. The lowest BCUT2D eigenvalue weighted by atomic mass is 9.80. The van der Waals surface area contributed by atoms with Crippen LogP contribution in [0.2, 0.25) is 0 Å². The summed E-state index contributed by atoms with van der Waals surface area (Å²) >= 11 is 0. The zero-order valence-electron chi connectivity index (χ0n) is 19.3. The van der Waals surface area contributed by atoms with E-state index >= 15 is 0 Å². The molecule has 7 heteroatoms. The number of nitriles is 1. The van der Waals surface area contributed by atoms with Gasteiger partial charge in [-0.2, -0.15) is 5.26 Å². The van der Waals surface area contributed by atoms with E-state index in [4.69, 9.17) is 5.26 Å². The topological polar surface area (TPSA) is 115 Å². The van der Waals surface area contributed by atoms with Crippen molar-refractivity contribution >= 4 is 16.9 Å². The number of amides is 1. The minimum absolute atomic E-state index is 0.00950. The van der Waals surface area contributed by atoms with Crippen LogP contribution in [0, 0.1) is 22.7 Å². The van der Waals surface area contributed by atoms with Crippen LogP contribution in [0.1, 0.15) is 62.8 Å². The van der Waals surface area contributed by atoms with Crippen molar-refractivity contribution in [1.29, 1.82) is 5.26 Å². The maximum atomic E-state index is 13.6. The van der Waals surface area contributed by atoms with Crippen molar-refractivity contribution in [1.82, 2.24) is 20.3 Å². The van der Waals surface area contributed by atoms with Gasteiger partial charge in [-0.05, 0) is 68.2 Å². The number of aliphatic hydroxyl groups excluding tert-OH is 1. The molecule has 1 amide bonds. The summed E-state index contributed by atoms with van der Waals surface area (Å²) in [5.41, 5.74) is 2.25. The van der Waals surface area contributed by atoms with Gasteiger partial charge in [0, 0.05) is 17.5 Å². The molecule has 0 radical (unpaired) electrons. The Morgan fingerprint density at radius 2 is 2.06 bits per heavy atom. The Morgan fingerprint density at radius 3 is 2.70 bits per heavy atom. The summed E-state index contributed by atoms with van der Waals surface area (Å²) in [4.78, 5) is 25.5. The van der Waals surface area contributed by atoms with E-state index in [1.165, 1.54) is 0 Å². The average Bonchev–Trinajstić information content (AvgIpc) is 3.46. The minimum atomic E-state index is -0.906. The molecule has 3 aromatic rings. The normalized spacial score (nSPS) is 17.2. The Kier molecular flexibility index (Phi) is 6.48. The number of carbonyl (C=O) groups excluding carboxylic acids is 1. The molecular weight excluding hydrogens is 414 g/mol. The number of aliphatic hydroxyl groups is 1. The third-order valence-corrected chi connectivity index (χ3v) is 7.19. The fourth-order valence-electron chi connectivity index (χ4n) is 4.90. The maximum absolute atomic E-state index is 13.6. The van der Waals surface area contributed by atoms with E-state index in [-0.39, 0.29) is 23.8 Å². The Bertz CT molecular complexity index is 1160. The molecule has 1 unspecified atom stereocenters. The molecule has 0 aliphatic heterocycles. The molecule has 2 heterocycles. The third-order valence-electron chi connectivity index (χ3n) is 7.19. The van der Waals surface area contributed by atoms with Gasteiger partial charge >= 0.3 is 0 Å². The highest BCUT2D eigenvalue weighted by Crippen LogP contribution is 2.57. The number of hydrogen-bond donors (Lipinski definition) is 3. The highest BCUT2D eigenvalue weighted by Gasteiger charge is 2.51. The van der Waals surface area contributed by atoms with Crippen molar-refractivity contribution in [2.75, 3.05) is 6.61 Å². The first kappa shape index (κ1) is 22.9. The summed E-state index contributed by atoms with van der Waals surface area (Å²) in [7, 11) is 0. The molecule has 1 fully saturated rings. The van der Waals surface area contributed by atoms with Gasteiger partial charge in [0.2, 0.25) is 5.91 Å². The maximum Gasteiger partial charge on any atom is 0.224 e. The van der Waals surface area contributed by atoms with Crippen molar-refractivity contribution in [3.8, 4) is 6.07 Å². The standard InChI is InChI=1S/C26H31N5O2/c1-3-4-21(24(33)31-25(2,16-32)19-7-5-18(15-27)6-8-19)26(12-13-26)11-9-22-20-10-14-28-23(20)30-17-29-22/h5-8,10,14,17,21,32H,3-4,9,11-13,16H2,1-2H3,(H,31,33)(H,28,29,30)/t21-,25?/m1/s1. The summed E-state index contributed by atoms with van der Waals surface area (Å²) in [6.45, 7) is 3.72. The van der Waals surface area contributed by atoms with Crippen molar-refractivity contribution in [2.45, 2.75) is 57.9 Å². The molecule has 33 heavy (non-hydrogen) atoms. The summed E-state index contributed by atoms with van der Waals surface area (Å²) in [5, 5.41) is 23.4. The zero-order chi connectivity index (χ0) is 23.5. The fraction of sp³-hybridized carbons (Fsp3) is 0.462. The highest BCUT2D eigenvalue weighted by atomic mass is 16.3. The van der Waals surface area contributed by atoms with Gasteiger partial charge in [-0.25, -0.2) is 9.97 Å². The number of benzene rings is 1. The van der Waals surface area contributed by atoms with Crippen LogP contribution >= 0.6 is 0 Å². The van der Waals surface area contributed by atoms with Crippen LogP contribution in [0.15, 0.2) is 42.9 Å². The number of H-pyrrole nitrogens is 1. The lowest BCUT2D eigenvalue weighted by Gasteiger charge is -2.34. The molecule has 1 saturated carbocycles. The van der Waals surface area contributed by atoms with Crippen LogP contribution in [-0.4, -0.2) is 32.6 Å². The monoisotopic (exact) mass is 445 g/mol. The minimum Gasteiger partial charge on any atom is -0.394 e. The van der Waals surface area contributed by atoms with Crippen molar-refractivity contribution < 1.29 is 9.90 Å². The number of rotatable bonds is 10. The number of carbonyl (C=O) groups is 1. The van der Waals surface area contributed by atoms with Crippen LogP contribution in [0.25, 0.3) is 11.0 Å². The molecule has 7 nitrogen and oxygen atoms in total. The number of nitrogens with one attached hydrogen (secondary N) is 2. The Labute approximate surface area is 194 Å². The number of aromatic nitrogens is 3. The number of nitrogens with zero attached hydrogens (tertiary/aromatic N) is 3. The molecule has 2 atom stereocenters. The number of fused-ring (bicyclic) bond motifs is 1. The first-order valence-electron chi connectivity index (χ1n) is 11.7. The van der Waals surface area contributed by atoms with E-state index in [9.17, 15) is 9.90 Å². The predicted octanol–water partition coefficient (Wildman–Crippen LogP) is 3.98. The fourth-order valence-corrected chi connectivity index (χ4v) is 4.90. The van der Waals surface area contributed by atoms with Crippen molar-refractivity contribution in [3.05, 3.63) is 59.7 Å². The number of aryl methyl sites for hydroxylation is 1. The molecule has 0 saturated heterocycles. The van der Waals surface area contributed by atoms with Crippen LogP contribution in [0.3, 0.4) is 0 Å². The van der Waals surface area contributed by atoms with Crippen LogP contribution in [0.4, 0.5) is 0 Å². The molecule has 1 aliphatic rings. The van der Waals surface area contributed by atoms with Crippen LogP contribution in [0.5, 0.6) is 0 Å². The first-order chi connectivity index (χ1) is 15.9. The van der Waals surface area contributed by atoms with E-state index in [1.54, 1.807) is 30.6 Å². The lowest BCUT2D eigenvalue weighted by Crippen LogP contribution is -2.50. The molecule has 0 bridgehead atoms. The smallest absolute Gasteiger partial charge is 0.224 e. The Hall–Kier alpha value is -3.24. The Morgan fingerprint density at radius 1 is 1.30 bits per heavy atom. The molecule has 1 aliphatic carbocycles. The second-order valence-corrected chi connectivity index (χ2v) is 9.43. The van der Waals surface area contributed by atoms with Gasteiger partial charge in [0.15, 0.2) is 0 Å². The van der Waals surface area contributed by atoms with E-state index in [2.05, 4.69) is 33.3 Å². The van der Waals surface area contributed by atoms with E-state index in [0.29, 0.717) is 5.56 Å². The van der Waals surface area contributed by atoms with Gasteiger partial charge in [-0.1, -0.05) is 25.5 Å². The summed E-state index contributed by atoms with van der Waals surface area (Å²) < 4.78 is 0. The predicted molar refractivity (Wildman–Crippen MR) is 126 cm³/mol. The quantitative estimate of drug-likeness (QED) is 0.437. The van der Waals surface area contributed by atoms with Gasteiger partial charge in [-0.3, -0.25) is 4.79 Å². The highest BCUT2D eigenvalue weighted by molar-refractivity contribution is 5.81. The van der Waals surface area contributed by atoms with E-state index < -0.39 is 5.54 Å². The molecule has 3 N–H and O–H groups in total. The van der Waals surface area contributed by atoms with E-state index in [1.807, 2.05) is 19.2 Å².